The van der Waals surface area contributed by atoms with Crippen LogP contribution in [-0.2, 0) is 0 Å². The molecule has 2 aromatic heterocycles. The van der Waals surface area contributed by atoms with E-state index in [4.69, 9.17) is 5.26 Å². The summed E-state index contributed by atoms with van der Waals surface area (Å²) in [4.78, 5) is 20.1. The van der Waals surface area contributed by atoms with Gasteiger partial charge < -0.3 is 21.3 Å². The fourth-order valence-corrected chi connectivity index (χ4v) is 2.80. The van der Waals surface area contributed by atoms with E-state index in [2.05, 4.69) is 41.4 Å². The first-order valence-electron chi connectivity index (χ1n) is 8.73. The molecule has 4 N–H and O–H groups in total. The SMILES string of the molecule is CNC(=O)c1nnc(Nc2cnc(C#N)cn2)cc1NCC1CCNCC1. The first-order valence-corrected chi connectivity index (χ1v) is 8.73. The van der Waals surface area contributed by atoms with Crippen molar-refractivity contribution in [3.8, 4) is 6.07 Å². The molecule has 1 saturated heterocycles. The molecule has 0 unspecified atom stereocenters. The smallest absolute Gasteiger partial charge is 0.273 e. The molecule has 1 aliphatic rings. The van der Waals surface area contributed by atoms with Crippen molar-refractivity contribution in [3.63, 3.8) is 0 Å². The monoisotopic (exact) mass is 367 g/mol. The van der Waals surface area contributed by atoms with Gasteiger partial charge in [0.1, 0.15) is 11.9 Å². The normalized spacial score (nSPS) is 14.2. The molecule has 3 heterocycles. The second kappa shape index (κ2) is 8.86. The van der Waals surface area contributed by atoms with E-state index in [1.807, 2.05) is 6.07 Å². The maximum Gasteiger partial charge on any atom is 0.273 e. The minimum atomic E-state index is -0.306. The Kier molecular flexibility index (Phi) is 6.06. The molecular formula is C17H21N9O. The van der Waals surface area contributed by atoms with Crippen LogP contribution in [0.3, 0.4) is 0 Å². The second-order valence-corrected chi connectivity index (χ2v) is 6.17. The fourth-order valence-electron chi connectivity index (χ4n) is 2.80. The van der Waals surface area contributed by atoms with Gasteiger partial charge in [0.05, 0.1) is 18.1 Å². The third-order valence-electron chi connectivity index (χ3n) is 4.30. The Morgan fingerprint density at radius 3 is 2.74 bits per heavy atom. The van der Waals surface area contributed by atoms with Gasteiger partial charge in [0.25, 0.3) is 5.91 Å². The number of aromatic nitrogens is 4. The number of carbonyl (C=O) groups is 1. The summed E-state index contributed by atoms with van der Waals surface area (Å²) in [5, 5.41) is 29.1. The van der Waals surface area contributed by atoms with Crippen LogP contribution in [0, 0.1) is 17.2 Å². The van der Waals surface area contributed by atoms with Gasteiger partial charge in [-0.25, -0.2) is 9.97 Å². The zero-order chi connectivity index (χ0) is 19.1. The number of piperidine rings is 1. The van der Waals surface area contributed by atoms with Crippen molar-refractivity contribution in [2.45, 2.75) is 12.8 Å². The highest BCUT2D eigenvalue weighted by Crippen LogP contribution is 2.20. The van der Waals surface area contributed by atoms with Gasteiger partial charge in [0, 0.05) is 19.7 Å². The third-order valence-corrected chi connectivity index (χ3v) is 4.30. The summed E-state index contributed by atoms with van der Waals surface area (Å²) in [6.07, 6.45) is 4.99. The quantitative estimate of drug-likeness (QED) is 0.579. The molecule has 140 valence electrons. The van der Waals surface area contributed by atoms with Crippen molar-refractivity contribution in [1.29, 1.82) is 5.26 Å². The number of hydrogen-bond donors (Lipinski definition) is 4. The zero-order valence-electron chi connectivity index (χ0n) is 15.0. The molecular weight excluding hydrogens is 346 g/mol. The van der Waals surface area contributed by atoms with Crippen molar-refractivity contribution in [2.24, 2.45) is 5.92 Å². The topological polar surface area (TPSA) is 141 Å². The minimum Gasteiger partial charge on any atom is -0.383 e. The lowest BCUT2D eigenvalue weighted by molar-refractivity contribution is 0.0958. The molecule has 0 aliphatic carbocycles. The second-order valence-electron chi connectivity index (χ2n) is 6.17. The number of anilines is 3. The molecule has 10 heteroatoms. The highest BCUT2D eigenvalue weighted by molar-refractivity contribution is 5.97. The minimum absolute atomic E-state index is 0.228. The summed E-state index contributed by atoms with van der Waals surface area (Å²) in [7, 11) is 1.55. The largest absolute Gasteiger partial charge is 0.383 e. The van der Waals surface area contributed by atoms with Crippen molar-refractivity contribution < 1.29 is 4.79 Å². The van der Waals surface area contributed by atoms with Crippen LogP contribution >= 0.6 is 0 Å². The van der Waals surface area contributed by atoms with Gasteiger partial charge >= 0.3 is 0 Å². The van der Waals surface area contributed by atoms with Crippen LogP contribution in [0.5, 0.6) is 0 Å². The molecule has 0 spiro atoms. The molecule has 0 radical (unpaired) electrons. The summed E-state index contributed by atoms with van der Waals surface area (Å²) in [6, 6.07) is 3.63. The standard InChI is InChI=1S/C17H21N9O/c1-19-17(27)16-13(22-8-11-2-4-20-5-3-11)6-14(25-26-16)24-15-10-21-12(7-18)9-23-15/h6,9-11,20H,2-5,8H2,1H3,(H,19,27)(H2,22,23,24,25). The number of carbonyl (C=O) groups excluding carboxylic acids is 1. The Balaban J connectivity index is 1.76. The molecule has 1 aliphatic heterocycles. The predicted octanol–water partition coefficient (Wildman–Crippen LogP) is 0.653. The number of nitriles is 1. The molecule has 0 bridgehead atoms. The van der Waals surface area contributed by atoms with Gasteiger partial charge in [-0.1, -0.05) is 0 Å². The molecule has 0 aromatic carbocycles. The maximum absolute atomic E-state index is 12.1. The molecule has 1 amide bonds. The Morgan fingerprint density at radius 2 is 2.07 bits per heavy atom. The van der Waals surface area contributed by atoms with E-state index in [9.17, 15) is 4.79 Å². The molecule has 27 heavy (non-hydrogen) atoms. The molecule has 0 saturated carbocycles. The zero-order valence-corrected chi connectivity index (χ0v) is 15.0. The van der Waals surface area contributed by atoms with Gasteiger partial charge in [0.15, 0.2) is 17.2 Å². The highest BCUT2D eigenvalue weighted by Gasteiger charge is 2.17. The molecule has 3 rings (SSSR count). The summed E-state index contributed by atoms with van der Waals surface area (Å²) < 4.78 is 0. The molecule has 2 aromatic rings. The Labute approximate surface area is 156 Å². The van der Waals surface area contributed by atoms with Crippen LogP contribution in [0.25, 0.3) is 0 Å². The predicted molar refractivity (Wildman–Crippen MR) is 99.5 cm³/mol. The molecule has 1 fully saturated rings. The Hall–Kier alpha value is -3.32. The number of nitrogens with one attached hydrogen (secondary N) is 4. The van der Waals surface area contributed by atoms with Gasteiger partial charge in [0.2, 0.25) is 0 Å². The fraction of sp³-hybridized carbons (Fsp3) is 0.412. The third kappa shape index (κ3) is 4.86. The summed E-state index contributed by atoms with van der Waals surface area (Å²) in [5.74, 6) is 1.09. The molecule has 10 nitrogen and oxygen atoms in total. The van der Waals surface area contributed by atoms with E-state index < -0.39 is 0 Å². The van der Waals surface area contributed by atoms with E-state index in [1.54, 1.807) is 13.1 Å². The number of amides is 1. The van der Waals surface area contributed by atoms with Crippen LogP contribution in [0.15, 0.2) is 18.5 Å². The van der Waals surface area contributed by atoms with Crippen LogP contribution in [0.4, 0.5) is 17.3 Å². The Bertz CT molecular complexity index is 825. The van der Waals surface area contributed by atoms with E-state index in [1.165, 1.54) is 12.4 Å². The number of rotatable bonds is 6. The lowest BCUT2D eigenvalue weighted by atomic mass is 9.98. The summed E-state index contributed by atoms with van der Waals surface area (Å²) in [5.41, 5.74) is 1.07. The van der Waals surface area contributed by atoms with E-state index in [0.29, 0.717) is 23.2 Å². The van der Waals surface area contributed by atoms with Crippen molar-refractivity contribution in [3.05, 3.63) is 29.8 Å². The van der Waals surface area contributed by atoms with Crippen LogP contribution < -0.4 is 21.3 Å². The van der Waals surface area contributed by atoms with E-state index in [-0.39, 0.29) is 17.3 Å². The van der Waals surface area contributed by atoms with Gasteiger partial charge in [-0.15, -0.1) is 10.2 Å². The Morgan fingerprint density at radius 1 is 1.26 bits per heavy atom. The van der Waals surface area contributed by atoms with Gasteiger partial charge in [-0.05, 0) is 31.8 Å². The number of nitrogens with zero attached hydrogens (tertiary/aromatic N) is 5. The van der Waals surface area contributed by atoms with Crippen LogP contribution in [-0.4, -0.2) is 52.8 Å². The van der Waals surface area contributed by atoms with Crippen LogP contribution in [0.2, 0.25) is 0 Å². The first kappa shape index (κ1) is 18.5. The number of hydrogen-bond acceptors (Lipinski definition) is 9. The van der Waals surface area contributed by atoms with E-state index >= 15 is 0 Å². The highest BCUT2D eigenvalue weighted by atomic mass is 16.1. The van der Waals surface area contributed by atoms with Crippen LogP contribution in [0.1, 0.15) is 29.0 Å². The summed E-state index contributed by atoms with van der Waals surface area (Å²) >= 11 is 0. The van der Waals surface area contributed by atoms with Crippen molar-refractivity contribution >= 4 is 23.2 Å². The summed E-state index contributed by atoms with van der Waals surface area (Å²) in [6.45, 7) is 2.77. The van der Waals surface area contributed by atoms with Gasteiger partial charge in [-0.3, -0.25) is 4.79 Å². The lowest BCUT2D eigenvalue weighted by Crippen LogP contribution is -2.31. The lowest BCUT2D eigenvalue weighted by Gasteiger charge is -2.23. The average molecular weight is 367 g/mol. The van der Waals surface area contributed by atoms with Gasteiger partial charge in [-0.2, -0.15) is 5.26 Å². The van der Waals surface area contributed by atoms with Crippen molar-refractivity contribution in [1.82, 2.24) is 30.8 Å². The first-order chi connectivity index (χ1) is 13.2. The van der Waals surface area contributed by atoms with E-state index in [0.717, 1.165) is 32.5 Å². The molecule has 0 atom stereocenters. The van der Waals surface area contributed by atoms with Crippen molar-refractivity contribution in [2.75, 3.05) is 37.3 Å². The maximum atomic E-state index is 12.1. The average Bonchev–Trinajstić information content (AvgIpc) is 2.73.